The lowest BCUT2D eigenvalue weighted by Gasteiger charge is -2.01. The Bertz CT molecular complexity index is 154. The summed E-state index contributed by atoms with van der Waals surface area (Å²) in [7, 11) is 0. The Morgan fingerprint density at radius 2 is 2.18 bits per heavy atom. The van der Waals surface area contributed by atoms with Gasteiger partial charge in [-0.05, 0) is 25.1 Å². The van der Waals surface area contributed by atoms with Gasteiger partial charge >= 0.3 is 0 Å². The summed E-state index contributed by atoms with van der Waals surface area (Å²) in [5.74, 6) is 0. The largest absolute Gasteiger partial charge is 0.375 e. The predicted molar refractivity (Wildman–Crippen MR) is 52.6 cm³/mol. The van der Waals surface area contributed by atoms with Crippen LogP contribution in [0.4, 0.5) is 0 Å². The summed E-state index contributed by atoms with van der Waals surface area (Å²) >= 11 is 4.61. The molecule has 0 aliphatic rings. The van der Waals surface area contributed by atoms with Gasteiger partial charge in [-0.3, -0.25) is 5.43 Å². The van der Waals surface area contributed by atoms with Crippen LogP contribution in [-0.4, -0.2) is 10.8 Å². The van der Waals surface area contributed by atoms with Crippen LogP contribution in [0.3, 0.4) is 0 Å². The quantitative estimate of drug-likeness (QED) is 0.384. The van der Waals surface area contributed by atoms with Crippen molar-refractivity contribution in [2.45, 2.75) is 33.1 Å². The molecule has 0 rings (SSSR count). The smallest absolute Gasteiger partial charge is 0.184 e. The van der Waals surface area contributed by atoms with Crippen molar-refractivity contribution < 1.29 is 0 Å². The summed E-state index contributed by atoms with van der Waals surface area (Å²) in [6, 6.07) is 0. The normalized spacial score (nSPS) is 11.3. The van der Waals surface area contributed by atoms with Crippen LogP contribution >= 0.6 is 12.2 Å². The second-order valence-electron chi connectivity index (χ2n) is 2.26. The molecule has 0 amide bonds. The lowest BCUT2D eigenvalue weighted by atomic mass is 10.2. The molecule has 3 N–H and O–H groups in total. The summed E-state index contributed by atoms with van der Waals surface area (Å²) in [6.45, 7) is 4.18. The summed E-state index contributed by atoms with van der Waals surface area (Å²) in [5.41, 5.74) is 8.89. The van der Waals surface area contributed by atoms with Crippen molar-refractivity contribution in [2.75, 3.05) is 0 Å². The number of hydrogen-bond donors (Lipinski definition) is 2. The molecule has 0 bridgehead atoms. The topological polar surface area (TPSA) is 50.4 Å². The van der Waals surface area contributed by atoms with E-state index in [1.165, 1.54) is 0 Å². The molecule has 3 nitrogen and oxygen atoms in total. The third kappa shape index (κ3) is 5.79. The monoisotopic (exact) mass is 173 g/mol. The minimum Gasteiger partial charge on any atom is -0.375 e. The maximum atomic E-state index is 5.20. The van der Waals surface area contributed by atoms with Crippen molar-refractivity contribution in [3.63, 3.8) is 0 Å². The van der Waals surface area contributed by atoms with Gasteiger partial charge < -0.3 is 5.73 Å². The van der Waals surface area contributed by atoms with E-state index in [1.54, 1.807) is 0 Å². The second-order valence-corrected chi connectivity index (χ2v) is 2.70. The van der Waals surface area contributed by atoms with Crippen LogP contribution in [0, 0.1) is 0 Å². The molecule has 0 heterocycles. The summed E-state index contributed by atoms with van der Waals surface area (Å²) in [6.07, 6.45) is 3.06. The average molecular weight is 173 g/mol. The van der Waals surface area contributed by atoms with E-state index in [0.29, 0.717) is 0 Å². The van der Waals surface area contributed by atoms with Crippen molar-refractivity contribution in [3.05, 3.63) is 0 Å². The van der Waals surface area contributed by atoms with Crippen molar-refractivity contribution in [2.24, 2.45) is 10.8 Å². The minimum absolute atomic E-state index is 0.229. The molecule has 0 spiro atoms. The molecule has 0 saturated heterocycles. The van der Waals surface area contributed by atoms with Gasteiger partial charge in [0.25, 0.3) is 0 Å². The first-order valence-electron chi connectivity index (χ1n) is 3.81. The van der Waals surface area contributed by atoms with Gasteiger partial charge in [0.1, 0.15) is 0 Å². The molecule has 0 radical (unpaired) electrons. The van der Waals surface area contributed by atoms with Gasteiger partial charge in [-0.15, -0.1) is 0 Å². The van der Waals surface area contributed by atoms with Gasteiger partial charge in [0.05, 0.1) is 0 Å². The van der Waals surface area contributed by atoms with Gasteiger partial charge in [0.2, 0.25) is 0 Å². The summed E-state index contributed by atoms with van der Waals surface area (Å²) in [4.78, 5) is 0. The van der Waals surface area contributed by atoms with Gasteiger partial charge in [-0.2, -0.15) is 5.10 Å². The molecule has 0 aromatic rings. The molecule has 0 saturated carbocycles. The van der Waals surface area contributed by atoms with Gasteiger partial charge in [0.15, 0.2) is 5.11 Å². The number of thiocarbonyl (C=S) groups is 1. The number of hydrazone groups is 1. The Kier molecular flexibility index (Phi) is 5.74. The molecule has 0 fully saturated rings. The SMILES string of the molecule is CCCC(CC)=NNC(N)=S. The molecule has 0 atom stereocenters. The Hall–Kier alpha value is -0.640. The molecule has 0 unspecified atom stereocenters. The number of hydrogen-bond acceptors (Lipinski definition) is 2. The number of nitrogens with two attached hydrogens (primary N) is 1. The Morgan fingerprint density at radius 3 is 2.55 bits per heavy atom. The standard InChI is InChI=1S/C7H15N3S/c1-3-5-6(4-2)9-10-7(8)11/h3-5H2,1-2H3,(H3,8,10,11). The molecule has 0 aromatic carbocycles. The Labute approximate surface area is 73.0 Å². The molecule has 4 heteroatoms. The molecule has 64 valence electrons. The van der Waals surface area contributed by atoms with Gasteiger partial charge in [-0.25, -0.2) is 0 Å². The highest BCUT2D eigenvalue weighted by Crippen LogP contribution is 1.94. The highest BCUT2D eigenvalue weighted by Gasteiger charge is 1.93. The zero-order valence-corrected chi connectivity index (χ0v) is 7.87. The lowest BCUT2D eigenvalue weighted by Crippen LogP contribution is -2.25. The van der Waals surface area contributed by atoms with E-state index < -0.39 is 0 Å². The molecular formula is C7H15N3S. The highest BCUT2D eigenvalue weighted by molar-refractivity contribution is 7.80. The second kappa shape index (κ2) is 6.09. The number of rotatable bonds is 4. The third-order valence-electron chi connectivity index (χ3n) is 1.27. The number of nitrogens with one attached hydrogen (secondary N) is 1. The van der Waals surface area contributed by atoms with Crippen LogP contribution in [0.25, 0.3) is 0 Å². The van der Waals surface area contributed by atoms with Gasteiger partial charge in [-0.1, -0.05) is 20.3 Å². The van der Waals surface area contributed by atoms with Crippen molar-refractivity contribution in [3.8, 4) is 0 Å². The first-order chi connectivity index (χ1) is 5.20. The van der Waals surface area contributed by atoms with Crippen LogP contribution in [0.2, 0.25) is 0 Å². The van der Waals surface area contributed by atoms with E-state index in [2.05, 4.69) is 36.6 Å². The fourth-order valence-electron chi connectivity index (χ4n) is 0.734. The van der Waals surface area contributed by atoms with Crippen LogP contribution in [0.5, 0.6) is 0 Å². The molecule has 0 aromatic heterocycles. The third-order valence-corrected chi connectivity index (χ3v) is 1.36. The van der Waals surface area contributed by atoms with Crippen LogP contribution in [0.1, 0.15) is 33.1 Å². The number of nitrogens with zero attached hydrogens (tertiary/aromatic N) is 1. The maximum Gasteiger partial charge on any atom is 0.184 e. The molecule has 0 aliphatic heterocycles. The van der Waals surface area contributed by atoms with Crippen LogP contribution < -0.4 is 11.2 Å². The highest BCUT2D eigenvalue weighted by atomic mass is 32.1. The van der Waals surface area contributed by atoms with E-state index in [1.807, 2.05) is 0 Å². The zero-order chi connectivity index (χ0) is 8.69. The van der Waals surface area contributed by atoms with Crippen LogP contribution in [0.15, 0.2) is 5.10 Å². The molecule has 11 heavy (non-hydrogen) atoms. The van der Waals surface area contributed by atoms with Crippen molar-refractivity contribution in [1.82, 2.24) is 5.43 Å². The van der Waals surface area contributed by atoms with Crippen molar-refractivity contribution in [1.29, 1.82) is 0 Å². The maximum absolute atomic E-state index is 5.20. The lowest BCUT2D eigenvalue weighted by molar-refractivity contribution is 0.924. The average Bonchev–Trinajstić information content (AvgIpc) is 1.97. The zero-order valence-electron chi connectivity index (χ0n) is 7.05. The van der Waals surface area contributed by atoms with Crippen molar-refractivity contribution >= 4 is 23.0 Å². The van der Waals surface area contributed by atoms with Crippen LogP contribution in [-0.2, 0) is 0 Å². The van der Waals surface area contributed by atoms with E-state index in [9.17, 15) is 0 Å². The molecule has 0 aliphatic carbocycles. The minimum atomic E-state index is 0.229. The first kappa shape index (κ1) is 10.4. The Morgan fingerprint density at radius 1 is 1.55 bits per heavy atom. The molecular weight excluding hydrogens is 158 g/mol. The van der Waals surface area contributed by atoms with Gasteiger partial charge in [0, 0.05) is 5.71 Å². The fraction of sp³-hybridized carbons (Fsp3) is 0.714. The van der Waals surface area contributed by atoms with E-state index in [0.717, 1.165) is 25.0 Å². The first-order valence-corrected chi connectivity index (χ1v) is 4.22. The van der Waals surface area contributed by atoms with E-state index >= 15 is 0 Å². The van der Waals surface area contributed by atoms with E-state index in [4.69, 9.17) is 5.73 Å². The fourth-order valence-corrected chi connectivity index (χ4v) is 0.780. The van der Waals surface area contributed by atoms with E-state index in [-0.39, 0.29) is 5.11 Å². The summed E-state index contributed by atoms with van der Waals surface area (Å²) in [5, 5.41) is 4.26. The predicted octanol–water partition coefficient (Wildman–Crippen LogP) is 1.39. The Balaban J connectivity index is 3.80. The summed E-state index contributed by atoms with van der Waals surface area (Å²) < 4.78 is 0.